The monoisotopic (exact) mass is 496 g/mol. The van der Waals surface area contributed by atoms with Gasteiger partial charge in [-0.3, -0.25) is 9.89 Å². The summed E-state index contributed by atoms with van der Waals surface area (Å²) < 4.78 is 5.51. The fourth-order valence-electron chi connectivity index (χ4n) is 3.21. The smallest absolute Gasteiger partial charge is 0.191 e. The van der Waals surface area contributed by atoms with E-state index in [1.165, 1.54) is 23.5 Å². The maximum absolute atomic E-state index is 5.51. The van der Waals surface area contributed by atoms with Gasteiger partial charge in [-0.25, -0.2) is 0 Å². The summed E-state index contributed by atoms with van der Waals surface area (Å²) in [4.78, 5) is 8.32. The topological polar surface area (TPSA) is 48.9 Å². The highest BCUT2D eigenvalue weighted by molar-refractivity contribution is 14.0. The number of ether oxygens (including phenoxy) is 1. The molecule has 0 aliphatic carbocycles. The van der Waals surface area contributed by atoms with Crippen LogP contribution < -0.4 is 10.6 Å². The van der Waals surface area contributed by atoms with E-state index in [1.807, 2.05) is 18.4 Å². The molecule has 0 radical (unpaired) electrons. The normalized spacial score (nSPS) is 23.1. The van der Waals surface area contributed by atoms with Crippen LogP contribution in [0.3, 0.4) is 0 Å². The lowest BCUT2D eigenvalue weighted by Gasteiger charge is -2.34. The molecule has 25 heavy (non-hydrogen) atoms. The van der Waals surface area contributed by atoms with E-state index in [-0.39, 0.29) is 24.0 Å². The third-order valence-electron chi connectivity index (χ3n) is 4.57. The molecule has 5 nitrogen and oxygen atoms in total. The number of halogens is 1. The Morgan fingerprint density at radius 3 is 2.88 bits per heavy atom. The first-order chi connectivity index (χ1) is 11.9. The molecule has 2 N–H and O–H groups in total. The predicted octanol–water partition coefficient (Wildman–Crippen LogP) is 2.80. The van der Waals surface area contributed by atoms with Crippen LogP contribution in [0.5, 0.6) is 0 Å². The Morgan fingerprint density at radius 1 is 1.40 bits per heavy atom. The molecule has 0 aromatic carbocycles. The van der Waals surface area contributed by atoms with Crippen LogP contribution in [-0.4, -0.2) is 68.3 Å². The second kappa shape index (κ2) is 11.6. The van der Waals surface area contributed by atoms with Crippen molar-refractivity contribution in [3.05, 3.63) is 22.4 Å². The Morgan fingerprint density at radius 2 is 2.24 bits per heavy atom. The van der Waals surface area contributed by atoms with Crippen molar-refractivity contribution in [2.24, 2.45) is 4.99 Å². The van der Waals surface area contributed by atoms with E-state index < -0.39 is 0 Å². The van der Waals surface area contributed by atoms with Gasteiger partial charge in [0.2, 0.25) is 0 Å². The van der Waals surface area contributed by atoms with Crippen molar-refractivity contribution >= 4 is 53.0 Å². The molecule has 142 valence electrons. The number of nitrogens with one attached hydrogen (secondary N) is 2. The molecule has 2 saturated heterocycles. The third kappa shape index (κ3) is 6.57. The van der Waals surface area contributed by atoms with Gasteiger partial charge in [0.05, 0.1) is 19.3 Å². The predicted molar refractivity (Wildman–Crippen MR) is 120 cm³/mol. The number of hydrogen-bond donors (Lipinski definition) is 2. The zero-order chi connectivity index (χ0) is 16.6. The minimum absolute atomic E-state index is 0. The van der Waals surface area contributed by atoms with E-state index >= 15 is 0 Å². The summed E-state index contributed by atoms with van der Waals surface area (Å²) in [6.45, 7) is 5.52. The number of thiophene rings is 1. The second-order valence-electron chi connectivity index (χ2n) is 6.15. The first-order valence-corrected chi connectivity index (χ1v) is 10.7. The molecule has 2 unspecified atom stereocenters. The van der Waals surface area contributed by atoms with Crippen LogP contribution in [0.1, 0.15) is 23.8 Å². The van der Waals surface area contributed by atoms with E-state index in [2.05, 4.69) is 49.8 Å². The lowest BCUT2D eigenvalue weighted by Crippen LogP contribution is -2.46. The van der Waals surface area contributed by atoms with Gasteiger partial charge < -0.3 is 15.4 Å². The Kier molecular flexibility index (Phi) is 9.90. The van der Waals surface area contributed by atoms with Crippen molar-refractivity contribution in [3.63, 3.8) is 0 Å². The molecule has 2 atom stereocenters. The van der Waals surface area contributed by atoms with Crippen molar-refractivity contribution in [1.29, 1.82) is 0 Å². The molecule has 3 rings (SSSR count). The maximum Gasteiger partial charge on any atom is 0.191 e. The van der Waals surface area contributed by atoms with Gasteiger partial charge in [-0.1, -0.05) is 6.07 Å². The van der Waals surface area contributed by atoms with E-state index in [4.69, 9.17) is 4.74 Å². The van der Waals surface area contributed by atoms with Gasteiger partial charge in [-0.2, -0.15) is 11.8 Å². The molecular weight excluding hydrogens is 467 g/mol. The zero-order valence-corrected chi connectivity index (χ0v) is 18.7. The number of nitrogens with zero attached hydrogens (tertiary/aromatic N) is 2. The van der Waals surface area contributed by atoms with E-state index in [1.54, 1.807) is 0 Å². The summed E-state index contributed by atoms with van der Waals surface area (Å²) in [6.07, 6.45) is 2.67. The molecule has 1 aromatic rings. The van der Waals surface area contributed by atoms with Crippen LogP contribution in [0.25, 0.3) is 0 Å². The van der Waals surface area contributed by atoms with Crippen LogP contribution in [0.4, 0.5) is 0 Å². The Labute approximate surface area is 176 Å². The Bertz CT molecular complexity index is 503. The third-order valence-corrected chi connectivity index (χ3v) is 6.94. The fraction of sp³-hybridized carbons (Fsp3) is 0.706. The number of aliphatic imine (C=N–C) groups is 1. The van der Waals surface area contributed by atoms with Crippen molar-refractivity contribution in [3.8, 4) is 0 Å². The molecule has 0 amide bonds. The van der Waals surface area contributed by atoms with Crippen molar-refractivity contribution in [2.45, 2.75) is 24.1 Å². The number of guanidine groups is 1. The van der Waals surface area contributed by atoms with E-state index in [0.717, 1.165) is 50.6 Å². The van der Waals surface area contributed by atoms with Gasteiger partial charge in [-0.05, 0) is 30.0 Å². The minimum Gasteiger partial charge on any atom is -0.379 e. The molecule has 0 saturated carbocycles. The molecule has 2 aliphatic rings. The molecule has 3 heterocycles. The zero-order valence-electron chi connectivity index (χ0n) is 14.8. The number of morpholine rings is 1. The van der Waals surface area contributed by atoms with E-state index in [0.29, 0.717) is 6.04 Å². The molecule has 0 spiro atoms. The molecular formula is C17H29IN4OS2. The van der Waals surface area contributed by atoms with Crippen LogP contribution in [0.2, 0.25) is 0 Å². The first-order valence-electron chi connectivity index (χ1n) is 8.78. The quantitative estimate of drug-likeness (QED) is 0.361. The van der Waals surface area contributed by atoms with Gasteiger partial charge in [0.1, 0.15) is 0 Å². The SMILES string of the molecule is CN=C(NCC1CCCS1)NCC(c1cccs1)N1CCOCC1.I. The van der Waals surface area contributed by atoms with Gasteiger partial charge in [0.25, 0.3) is 0 Å². The molecule has 2 fully saturated rings. The van der Waals surface area contributed by atoms with E-state index in [9.17, 15) is 0 Å². The molecule has 0 bridgehead atoms. The summed E-state index contributed by atoms with van der Waals surface area (Å²) in [5.41, 5.74) is 0. The van der Waals surface area contributed by atoms with Crippen molar-refractivity contribution < 1.29 is 4.74 Å². The summed E-state index contributed by atoms with van der Waals surface area (Å²) in [6, 6.07) is 4.75. The van der Waals surface area contributed by atoms with Crippen LogP contribution in [0.15, 0.2) is 22.5 Å². The highest BCUT2D eigenvalue weighted by atomic mass is 127. The van der Waals surface area contributed by atoms with Gasteiger partial charge in [-0.15, -0.1) is 35.3 Å². The van der Waals surface area contributed by atoms with Crippen LogP contribution in [-0.2, 0) is 4.74 Å². The molecule has 1 aromatic heterocycles. The Hall–Kier alpha value is -0.0300. The van der Waals surface area contributed by atoms with Crippen LogP contribution >= 0.6 is 47.1 Å². The first kappa shape index (κ1) is 21.3. The standard InChI is InChI=1S/C17H28N4OS2.HI/c1-18-17(19-12-14-4-2-10-23-14)20-13-15(16-5-3-11-24-16)21-6-8-22-9-7-21;/h3,5,11,14-15H,2,4,6-10,12-13H2,1H3,(H2,18,19,20);1H. The molecule has 8 heteroatoms. The highest BCUT2D eigenvalue weighted by Crippen LogP contribution is 2.26. The highest BCUT2D eigenvalue weighted by Gasteiger charge is 2.24. The summed E-state index contributed by atoms with van der Waals surface area (Å²) >= 11 is 3.91. The average Bonchev–Trinajstić information content (AvgIpc) is 3.32. The van der Waals surface area contributed by atoms with Crippen LogP contribution in [0, 0.1) is 0 Å². The van der Waals surface area contributed by atoms with Gasteiger partial charge >= 0.3 is 0 Å². The number of thioether (sulfide) groups is 1. The number of hydrogen-bond acceptors (Lipinski definition) is 5. The summed E-state index contributed by atoms with van der Waals surface area (Å²) in [5, 5.41) is 9.92. The second-order valence-corrected chi connectivity index (χ2v) is 8.54. The van der Waals surface area contributed by atoms with Crippen molar-refractivity contribution in [2.75, 3.05) is 52.2 Å². The Balaban J connectivity index is 0.00000225. The van der Waals surface area contributed by atoms with Gasteiger partial charge in [0.15, 0.2) is 5.96 Å². The molecule has 2 aliphatic heterocycles. The summed E-state index contributed by atoms with van der Waals surface area (Å²) in [5.74, 6) is 2.22. The lowest BCUT2D eigenvalue weighted by atomic mass is 10.2. The fourth-order valence-corrected chi connectivity index (χ4v) is 5.27. The average molecular weight is 496 g/mol. The number of rotatable bonds is 6. The maximum atomic E-state index is 5.51. The van der Waals surface area contributed by atoms with Crippen molar-refractivity contribution in [1.82, 2.24) is 15.5 Å². The summed E-state index contributed by atoms with van der Waals surface area (Å²) in [7, 11) is 1.85. The minimum atomic E-state index is 0. The lowest BCUT2D eigenvalue weighted by molar-refractivity contribution is 0.0177. The van der Waals surface area contributed by atoms with Gasteiger partial charge in [0, 0.05) is 43.4 Å². The largest absolute Gasteiger partial charge is 0.379 e.